The van der Waals surface area contributed by atoms with E-state index in [1.165, 1.54) is 14.2 Å². The van der Waals surface area contributed by atoms with Crippen LogP contribution in [0.25, 0.3) is 33.6 Å². The van der Waals surface area contributed by atoms with Crippen molar-refractivity contribution in [2.24, 2.45) is 11.8 Å². The van der Waals surface area contributed by atoms with Crippen molar-refractivity contribution in [3.63, 3.8) is 0 Å². The molecular formula is C43H54N8O8. The maximum Gasteiger partial charge on any atom is 0.407 e. The van der Waals surface area contributed by atoms with E-state index in [1.54, 1.807) is 22.2 Å². The first kappa shape index (κ1) is 40.1. The lowest BCUT2D eigenvalue weighted by Crippen LogP contribution is -2.52. The van der Waals surface area contributed by atoms with E-state index in [1.807, 2.05) is 76.2 Å². The number of alkyl carbamates (subject to hydrolysis) is 2. The number of imidazole rings is 2. The first-order valence-corrected chi connectivity index (χ1v) is 20.2. The Kier molecular flexibility index (Phi) is 12.0. The fourth-order valence-electron chi connectivity index (χ4n) is 8.15. The van der Waals surface area contributed by atoms with E-state index in [0.717, 1.165) is 46.5 Å². The highest BCUT2D eigenvalue weighted by Gasteiger charge is 2.52. The van der Waals surface area contributed by atoms with Gasteiger partial charge in [0.05, 0.1) is 69.8 Å². The van der Waals surface area contributed by atoms with Crippen LogP contribution in [-0.2, 0) is 28.5 Å². The van der Waals surface area contributed by atoms with Crippen molar-refractivity contribution in [1.82, 2.24) is 40.4 Å². The predicted molar refractivity (Wildman–Crippen MR) is 217 cm³/mol. The summed E-state index contributed by atoms with van der Waals surface area (Å²) in [6.07, 6.45) is 4.64. The minimum atomic E-state index is -0.979. The zero-order valence-corrected chi connectivity index (χ0v) is 34.4. The van der Waals surface area contributed by atoms with Crippen LogP contribution in [0.2, 0.25) is 1.41 Å². The van der Waals surface area contributed by atoms with E-state index in [9.17, 15) is 19.2 Å². The van der Waals surface area contributed by atoms with Gasteiger partial charge in [0, 0.05) is 13.0 Å². The van der Waals surface area contributed by atoms with Gasteiger partial charge in [-0.1, -0.05) is 76.2 Å². The van der Waals surface area contributed by atoms with E-state index >= 15 is 0 Å². The van der Waals surface area contributed by atoms with Gasteiger partial charge in [0.2, 0.25) is 11.8 Å². The Hall–Kier alpha value is -5.74. The second kappa shape index (κ2) is 17.6. The molecule has 3 aliphatic heterocycles. The molecule has 0 saturated carbocycles. The zero-order valence-electron chi connectivity index (χ0n) is 35.4. The Balaban J connectivity index is 1.04. The SMILES string of the molecule is [2H]N(C(=O)OC)[C@H](C(=O)N1CCC[C@H]1c1ncc(-c2ccc(-c3ccc(-c4cnc([C@@H]5CC6(CN5C(=O)[C@@H](NC(=O)OC)C(C)C)OCCCO6)[nH]4)cc3)cc2)[nH]1)C(C)C. The van der Waals surface area contributed by atoms with Crippen LogP contribution >= 0.6 is 0 Å². The molecule has 3 aliphatic rings. The molecular weight excluding hydrogens is 757 g/mol. The van der Waals surface area contributed by atoms with Crippen molar-refractivity contribution in [2.45, 2.75) is 83.3 Å². The number of rotatable bonds is 11. The fraction of sp³-hybridized carbons (Fsp3) is 0.488. The monoisotopic (exact) mass is 811 g/mol. The summed E-state index contributed by atoms with van der Waals surface area (Å²) in [5.41, 5.74) is 5.49. The molecule has 0 aliphatic carbocycles. The standard InChI is InChI=1S/C43H54N8O8/c1-25(2)35(48-41(54)56-5)39(52)50-18-7-9-33(50)37-44-22-31(46-37)29-14-10-27(11-15-29)28-12-16-30(17-13-28)32-23-45-38(47-32)34-21-43(58-19-8-20-59-43)24-51(34)40(53)36(26(3)4)49-42(55)57-6/h10-17,22-23,25-26,33-36H,7-9,18-21,24H2,1-6H3,(H,44,46)(H,45,47)(H,48,54)(H,49,55)/t33-,34-,35-,36-/m0/s1/i/hD. The summed E-state index contributed by atoms with van der Waals surface area (Å²) in [4.78, 5) is 71.7. The Bertz CT molecular complexity index is 2150. The quantitative estimate of drug-likeness (QED) is 0.140. The van der Waals surface area contributed by atoms with Crippen LogP contribution in [-0.4, -0.2) is 112 Å². The summed E-state index contributed by atoms with van der Waals surface area (Å²) in [6.45, 7) is 9.13. The molecule has 5 heterocycles. The molecule has 314 valence electrons. The van der Waals surface area contributed by atoms with Crippen LogP contribution in [0.15, 0.2) is 60.9 Å². The highest BCUT2D eigenvalue weighted by atomic mass is 16.7. The normalized spacial score (nSPS) is 20.1. The van der Waals surface area contributed by atoms with Gasteiger partial charge in [-0.3, -0.25) is 9.59 Å². The van der Waals surface area contributed by atoms with Crippen molar-refractivity contribution in [3.05, 3.63) is 72.6 Å². The summed E-state index contributed by atoms with van der Waals surface area (Å²) in [5, 5.41) is 3.33. The molecule has 3 saturated heterocycles. The second-order valence-electron chi connectivity index (χ2n) is 16.0. The third kappa shape index (κ3) is 8.83. The van der Waals surface area contributed by atoms with Crippen LogP contribution in [0, 0.1) is 11.8 Å². The maximum absolute atomic E-state index is 14.0. The molecule has 59 heavy (non-hydrogen) atoms. The number of amides is 4. The number of likely N-dealkylation sites (tertiary alicyclic amines) is 2. The summed E-state index contributed by atoms with van der Waals surface area (Å²) < 4.78 is 30.1. The summed E-state index contributed by atoms with van der Waals surface area (Å²) >= 11 is 0. The lowest BCUT2D eigenvalue weighted by molar-refractivity contribution is -0.257. The molecule has 4 atom stereocenters. The summed E-state index contributed by atoms with van der Waals surface area (Å²) in [6, 6.07) is 13.7. The third-order valence-corrected chi connectivity index (χ3v) is 11.4. The molecule has 2 aromatic heterocycles. The molecule has 7 rings (SSSR count). The lowest BCUT2D eigenvalue weighted by Gasteiger charge is -2.34. The van der Waals surface area contributed by atoms with E-state index in [0.29, 0.717) is 49.6 Å². The van der Waals surface area contributed by atoms with E-state index in [2.05, 4.69) is 20.3 Å². The van der Waals surface area contributed by atoms with Crippen LogP contribution in [0.4, 0.5) is 9.59 Å². The number of hydrogen-bond donors (Lipinski definition) is 4. The topological polar surface area (TPSA) is 193 Å². The predicted octanol–water partition coefficient (Wildman–Crippen LogP) is 5.97. The summed E-state index contributed by atoms with van der Waals surface area (Å²) in [7, 11) is 2.47. The number of carbonyl (C=O) groups is 4. The van der Waals surface area contributed by atoms with Gasteiger partial charge >= 0.3 is 12.2 Å². The highest BCUT2D eigenvalue weighted by molar-refractivity contribution is 5.87. The molecule has 16 nitrogen and oxygen atoms in total. The van der Waals surface area contributed by atoms with Gasteiger partial charge in [-0.25, -0.2) is 19.6 Å². The molecule has 0 bridgehead atoms. The Morgan fingerprint density at radius 3 is 1.78 bits per heavy atom. The van der Waals surface area contributed by atoms with Crippen LogP contribution in [0.1, 0.15) is 77.1 Å². The Morgan fingerprint density at radius 1 is 0.746 bits per heavy atom. The van der Waals surface area contributed by atoms with Crippen molar-refractivity contribution in [2.75, 3.05) is 40.5 Å². The van der Waals surface area contributed by atoms with Gasteiger partial charge in [-0.15, -0.1) is 0 Å². The maximum atomic E-state index is 14.0. The molecule has 4 N–H and O–H groups in total. The van der Waals surface area contributed by atoms with Crippen molar-refractivity contribution >= 4 is 24.0 Å². The first-order valence-electron chi connectivity index (χ1n) is 20.7. The van der Waals surface area contributed by atoms with E-state index in [4.69, 9.17) is 25.3 Å². The second-order valence-corrected chi connectivity index (χ2v) is 16.0. The number of methoxy groups -OCH3 is 2. The smallest absolute Gasteiger partial charge is 0.407 e. The van der Waals surface area contributed by atoms with Gasteiger partial charge in [0.25, 0.3) is 0 Å². The van der Waals surface area contributed by atoms with Gasteiger partial charge in [-0.05, 0) is 53.4 Å². The van der Waals surface area contributed by atoms with Crippen molar-refractivity contribution < 1.29 is 39.5 Å². The molecule has 16 heteroatoms. The van der Waals surface area contributed by atoms with Crippen LogP contribution < -0.4 is 10.6 Å². The number of carbonyl (C=O) groups excluding carboxylic acids is 4. The molecule has 0 unspecified atom stereocenters. The van der Waals surface area contributed by atoms with Crippen LogP contribution in [0.3, 0.4) is 0 Å². The number of nitrogens with one attached hydrogen (secondary N) is 4. The van der Waals surface area contributed by atoms with Crippen molar-refractivity contribution in [1.29, 1.82) is 0 Å². The van der Waals surface area contributed by atoms with E-state index in [-0.39, 0.29) is 36.2 Å². The number of hydrogen-bond acceptors (Lipinski definition) is 10. The van der Waals surface area contributed by atoms with Gasteiger partial charge in [0.1, 0.15) is 23.7 Å². The first-order chi connectivity index (χ1) is 28.8. The highest BCUT2D eigenvalue weighted by Crippen LogP contribution is 2.42. The zero-order chi connectivity index (χ0) is 42.7. The number of ether oxygens (including phenoxy) is 4. The molecule has 0 radical (unpaired) electrons. The summed E-state index contributed by atoms with van der Waals surface area (Å²) in [5.74, 6) is -0.747. The average Bonchev–Trinajstić information content (AvgIpc) is 4.09. The van der Waals surface area contributed by atoms with E-state index < -0.39 is 36.1 Å². The minimum Gasteiger partial charge on any atom is -0.453 e. The van der Waals surface area contributed by atoms with Gasteiger partial charge in [-0.2, -0.15) is 0 Å². The van der Waals surface area contributed by atoms with Crippen molar-refractivity contribution in [3.8, 4) is 33.6 Å². The lowest BCUT2D eigenvalue weighted by atomic mass is 10.0. The van der Waals surface area contributed by atoms with Gasteiger partial charge in [0.15, 0.2) is 7.20 Å². The number of aromatic nitrogens is 4. The molecule has 2 aromatic carbocycles. The molecule has 4 amide bonds. The molecule has 3 fully saturated rings. The largest absolute Gasteiger partial charge is 0.453 e. The Morgan fingerprint density at radius 2 is 1.25 bits per heavy atom. The fourth-order valence-corrected chi connectivity index (χ4v) is 8.15. The van der Waals surface area contributed by atoms with Gasteiger partial charge < -0.3 is 49.3 Å². The number of H-pyrrole nitrogens is 2. The number of nitrogens with zero attached hydrogens (tertiary/aromatic N) is 4. The Labute approximate surface area is 345 Å². The van der Waals surface area contributed by atoms with Crippen LogP contribution in [0.5, 0.6) is 0 Å². The molecule has 4 aromatic rings. The third-order valence-electron chi connectivity index (χ3n) is 11.4. The molecule has 1 spiro atoms. The number of aromatic amines is 2. The minimum absolute atomic E-state index is 0.198. The number of benzene rings is 2. The average molecular weight is 812 g/mol.